The molecule has 0 spiro atoms. The van der Waals surface area contributed by atoms with Gasteiger partial charge in [0.1, 0.15) is 5.75 Å². The standard InChI is InChI=1S/C19H18N4O2/c1-13-5-3-6-15(9-13)22-18(24)14-11-20-19(21-12-14)23-16-7-4-8-17(10-16)25-2/h3-12H,1-2H3,(H,22,24)(H,20,21,23). The monoisotopic (exact) mass is 334 g/mol. The van der Waals surface area contributed by atoms with Crippen molar-refractivity contribution in [1.29, 1.82) is 0 Å². The molecule has 6 nitrogen and oxygen atoms in total. The molecule has 2 aromatic carbocycles. The van der Waals surface area contributed by atoms with Crippen LogP contribution in [-0.4, -0.2) is 23.0 Å². The van der Waals surface area contributed by atoms with Crippen LogP contribution < -0.4 is 15.4 Å². The van der Waals surface area contributed by atoms with Gasteiger partial charge in [0.15, 0.2) is 0 Å². The largest absolute Gasteiger partial charge is 0.497 e. The maximum atomic E-state index is 12.3. The zero-order chi connectivity index (χ0) is 17.6. The minimum atomic E-state index is -0.251. The van der Waals surface area contributed by atoms with E-state index in [-0.39, 0.29) is 5.91 Å². The number of carbonyl (C=O) groups excluding carboxylic acids is 1. The normalized spacial score (nSPS) is 10.2. The number of benzene rings is 2. The number of hydrogen-bond donors (Lipinski definition) is 2. The number of aromatic nitrogens is 2. The highest BCUT2D eigenvalue weighted by molar-refractivity contribution is 6.03. The van der Waals surface area contributed by atoms with Gasteiger partial charge in [-0.15, -0.1) is 0 Å². The molecule has 0 fully saturated rings. The maximum Gasteiger partial charge on any atom is 0.258 e. The van der Waals surface area contributed by atoms with Crippen LogP contribution in [0.25, 0.3) is 0 Å². The third-order valence-corrected chi connectivity index (χ3v) is 3.52. The van der Waals surface area contributed by atoms with Gasteiger partial charge in [0.25, 0.3) is 5.91 Å². The lowest BCUT2D eigenvalue weighted by Crippen LogP contribution is -2.13. The summed E-state index contributed by atoms with van der Waals surface area (Å²) in [6.45, 7) is 1.97. The van der Waals surface area contributed by atoms with E-state index in [2.05, 4.69) is 20.6 Å². The molecular formula is C19H18N4O2. The first-order valence-electron chi connectivity index (χ1n) is 7.75. The van der Waals surface area contributed by atoms with Crippen LogP contribution in [0.2, 0.25) is 0 Å². The Balaban J connectivity index is 1.68. The van der Waals surface area contributed by atoms with Gasteiger partial charge in [-0.3, -0.25) is 4.79 Å². The Bertz CT molecular complexity index is 879. The van der Waals surface area contributed by atoms with E-state index in [4.69, 9.17) is 4.74 Å². The topological polar surface area (TPSA) is 76.1 Å². The van der Waals surface area contributed by atoms with Gasteiger partial charge in [-0.1, -0.05) is 18.2 Å². The molecule has 126 valence electrons. The highest BCUT2D eigenvalue weighted by Gasteiger charge is 2.08. The Morgan fingerprint density at radius 2 is 1.72 bits per heavy atom. The van der Waals surface area contributed by atoms with Crippen molar-refractivity contribution >= 4 is 23.2 Å². The van der Waals surface area contributed by atoms with Crippen LogP contribution in [0.1, 0.15) is 15.9 Å². The average Bonchev–Trinajstić information content (AvgIpc) is 2.62. The number of methoxy groups -OCH3 is 1. The molecule has 0 radical (unpaired) electrons. The van der Waals surface area contributed by atoms with Crippen LogP contribution in [0.15, 0.2) is 60.9 Å². The minimum absolute atomic E-state index is 0.251. The Morgan fingerprint density at radius 1 is 1.00 bits per heavy atom. The van der Waals surface area contributed by atoms with E-state index in [1.807, 2.05) is 55.5 Å². The average molecular weight is 334 g/mol. The molecule has 0 aliphatic carbocycles. The lowest BCUT2D eigenvalue weighted by Gasteiger charge is -2.08. The first-order valence-corrected chi connectivity index (χ1v) is 7.75. The van der Waals surface area contributed by atoms with E-state index < -0.39 is 0 Å². The summed E-state index contributed by atoms with van der Waals surface area (Å²) in [6.07, 6.45) is 2.97. The highest BCUT2D eigenvalue weighted by atomic mass is 16.5. The van der Waals surface area contributed by atoms with Crippen LogP contribution in [0.4, 0.5) is 17.3 Å². The van der Waals surface area contributed by atoms with Crippen molar-refractivity contribution in [3.63, 3.8) is 0 Å². The number of aryl methyl sites for hydroxylation is 1. The van der Waals surface area contributed by atoms with Crippen molar-refractivity contribution in [3.05, 3.63) is 72.1 Å². The summed E-state index contributed by atoms with van der Waals surface area (Å²) in [5.74, 6) is 0.887. The molecule has 0 saturated heterocycles. The second-order valence-electron chi connectivity index (χ2n) is 5.48. The zero-order valence-corrected chi connectivity index (χ0v) is 14.0. The smallest absolute Gasteiger partial charge is 0.258 e. The predicted molar refractivity (Wildman–Crippen MR) is 97.4 cm³/mol. The molecule has 0 saturated carbocycles. The molecule has 0 aliphatic rings. The second-order valence-corrected chi connectivity index (χ2v) is 5.48. The fourth-order valence-corrected chi connectivity index (χ4v) is 2.27. The lowest BCUT2D eigenvalue weighted by atomic mass is 10.2. The molecule has 1 amide bonds. The number of nitrogens with one attached hydrogen (secondary N) is 2. The molecule has 0 unspecified atom stereocenters. The van der Waals surface area contributed by atoms with Crippen molar-refractivity contribution < 1.29 is 9.53 Å². The first-order chi connectivity index (χ1) is 12.1. The summed E-state index contributed by atoms with van der Waals surface area (Å²) in [5, 5.41) is 5.90. The molecule has 2 N–H and O–H groups in total. The molecule has 0 atom stereocenters. The predicted octanol–water partition coefficient (Wildman–Crippen LogP) is 3.79. The summed E-state index contributed by atoms with van der Waals surface area (Å²) in [7, 11) is 1.61. The second kappa shape index (κ2) is 7.44. The maximum absolute atomic E-state index is 12.3. The molecule has 25 heavy (non-hydrogen) atoms. The number of ether oxygens (including phenoxy) is 1. The van der Waals surface area contributed by atoms with Crippen molar-refractivity contribution in [2.75, 3.05) is 17.7 Å². The van der Waals surface area contributed by atoms with Gasteiger partial charge >= 0.3 is 0 Å². The third kappa shape index (κ3) is 4.32. The van der Waals surface area contributed by atoms with Crippen LogP contribution in [0.3, 0.4) is 0 Å². The molecule has 0 bridgehead atoms. The van der Waals surface area contributed by atoms with Crippen LogP contribution >= 0.6 is 0 Å². The number of nitrogens with zero attached hydrogens (tertiary/aromatic N) is 2. The van der Waals surface area contributed by atoms with Gasteiger partial charge in [0.2, 0.25) is 5.95 Å². The summed E-state index contributed by atoms with van der Waals surface area (Å²) < 4.78 is 5.17. The van der Waals surface area contributed by atoms with Crippen molar-refractivity contribution in [1.82, 2.24) is 9.97 Å². The molecule has 1 heterocycles. The molecule has 6 heteroatoms. The molecular weight excluding hydrogens is 316 g/mol. The van der Waals surface area contributed by atoms with E-state index in [9.17, 15) is 4.79 Å². The fourth-order valence-electron chi connectivity index (χ4n) is 2.27. The number of anilines is 3. The quantitative estimate of drug-likeness (QED) is 0.742. The summed E-state index contributed by atoms with van der Waals surface area (Å²) in [6, 6.07) is 15.0. The van der Waals surface area contributed by atoms with Gasteiger partial charge in [-0.25, -0.2) is 9.97 Å². The van der Waals surface area contributed by atoms with E-state index in [1.54, 1.807) is 7.11 Å². The Morgan fingerprint density at radius 3 is 2.44 bits per heavy atom. The molecule has 0 aliphatic heterocycles. The SMILES string of the molecule is COc1cccc(Nc2ncc(C(=O)Nc3cccc(C)c3)cn2)c1. The number of carbonyl (C=O) groups is 1. The van der Waals surface area contributed by atoms with Crippen LogP contribution in [0, 0.1) is 6.92 Å². The van der Waals surface area contributed by atoms with Crippen LogP contribution in [-0.2, 0) is 0 Å². The third-order valence-electron chi connectivity index (χ3n) is 3.52. The Labute approximate surface area is 145 Å². The number of hydrogen-bond acceptors (Lipinski definition) is 5. The van der Waals surface area contributed by atoms with E-state index in [1.165, 1.54) is 12.4 Å². The lowest BCUT2D eigenvalue weighted by molar-refractivity contribution is 0.102. The Kier molecular flexibility index (Phi) is 4.89. The highest BCUT2D eigenvalue weighted by Crippen LogP contribution is 2.19. The summed E-state index contributed by atoms with van der Waals surface area (Å²) in [4.78, 5) is 20.6. The Hall–Kier alpha value is -3.41. The van der Waals surface area contributed by atoms with Crippen molar-refractivity contribution in [3.8, 4) is 5.75 Å². The van der Waals surface area contributed by atoms with E-state index in [0.717, 1.165) is 22.7 Å². The van der Waals surface area contributed by atoms with Crippen LogP contribution in [0.5, 0.6) is 5.75 Å². The number of rotatable bonds is 5. The van der Waals surface area contributed by atoms with Gasteiger partial charge in [-0.2, -0.15) is 0 Å². The molecule has 1 aromatic heterocycles. The summed E-state index contributed by atoms with van der Waals surface area (Å²) in [5.41, 5.74) is 3.00. The minimum Gasteiger partial charge on any atom is -0.497 e. The fraction of sp³-hybridized carbons (Fsp3) is 0.105. The summed E-state index contributed by atoms with van der Waals surface area (Å²) >= 11 is 0. The van der Waals surface area contributed by atoms with Crippen molar-refractivity contribution in [2.45, 2.75) is 6.92 Å². The first kappa shape index (κ1) is 16.4. The van der Waals surface area contributed by atoms with Gasteiger partial charge in [0.05, 0.1) is 12.7 Å². The molecule has 3 rings (SSSR count). The van der Waals surface area contributed by atoms with Gasteiger partial charge in [-0.05, 0) is 36.8 Å². The number of amides is 1. The van der Waals surface area contributed by atoms with E-state index in [0.29, 0.717) is 11.5 Å². The van der Waals surface area contributed by atoms with Gasteiger partial charge < -0.3 is 15.4 Å². The zero-order valence-electron chi connectivity index (χ0n) is 14.0. The van der Waals surface area contributed by atoms with Gasteiger partial charge in [0, 0.05) is 29.8 Å². The van der Waals surface area contributed by atoms with Crippen molar-refractivity contribution in [2.24, 2.45) is 0 Å². The van der Waals surface area contributed by atoms with E-state index >= 15 is 0 Å². The molecule has 3 aromatic rings.